The molecule has 2 heterocycles. The summed E-state index contributed by atoms with van der Waals surface area (Å²) in [5.74, 6) is 0.203. The second-order valence-electron chi connectivity index (χ2n) is 5.42. The molecule has 2 N–H and O–H groups in total. The molecule has 0 aromatic carbocycles. The molecule has 2 unspecified atom stereocenters. The van der Waals surface area contributed by atoms with E-state index in [-0.39, 0.29) is 18.3 Å². The maximum absolute atomic E-state index is 11.9. The highest BCUT2D eigenvalue weighted by molar-refractivity contribution is 7.11. The lowest BCUT2D eigenvalue weighted by molar-refractivity contribution is -0.122. The van der Waals surface area contributed by atoms with Crippen LogP contribution in [0.2, 0.25) is 0 Å². The molecule has 2 rings (SSSR count). The Morgan fingerprint density at radius 3 is 2.95 bits per heavy atom. The average Bonchev–Trinajstić information content (AvgIpc) is 2.78. The van der Waals surface area contributed by atoms with Crippen LogP contribution in [-0.4, -0.2) is 24.5 Å². The van der Waals surface area contributed by atoms with Gasteiger partial charge in [-0.15, -0.1) is 23.7 Å². The molecule has 2 atom stereocenters. The van der Waals surface area contributed by atoms with Crippen LogP contribution in [0.3, 0.4) is 0 Å². The van der Waals surface area contributed by atoms with E-state index in [9.17, 15) is 4.79 Å². The Morgan fingerprint density at radius 1 is 1.50 bits per heavy atom. The molecule has 20 heavy (non-hydrogen) atoms. The van der Waals surface area contributed by atoms with E-state index >= 15 is 0 Å². The van der Waals surface area contributed by atoms with Crippen molar-refractivity contribution in [1.82, 2.24) is 10.6 Å². The van der Waals surface area contributed by atoms with Gasteiger partial charge in [-0.3, -0.25) is 4.79 Å². The predicted octanol–water partition coefficient (Wildman–Crippen LogP) is 3.06. The van der Waals surface area contributed by atoms with Crippen LogP contribution in [0.15, 0.2) is 12.1 Å². The van der Waals surface area contributed by atoms with Gasteiger partial charge in [0.25, 0.3) is 0 Å². The first-order valence-electron chi connectivity index (χ1n) is 7.23. The van der Waals surface area contributed by atoms with Gasteiger partial charge >= 0.3 is 0 Å². The summed E-state index contributed by atoms with van der Waals surface area (Å²) in [6.45, 7) is 5.35. The van der Waals surface area contributed by atoms with Crippen molar-refractivity contribution in [3.8, 4) is 0 Å². The van der Waals surface area contributed by atoms with Gasteiger partial charge in [0.2, 0.25) is 5.91 Å². The van der Waals surface area contributed by atoms with E-state index in [0.717, 1.165) is 32.2 Å². The molecule has 0 saturated carbocycles. The Bertz CT molecular complexity index is 422. The van der Waals surface area contributed by atoms with Crippen LogP contribution >= 0.6 is 23.7 Å². The van der Waals surface area contributed by atoms with Crippen LogP contribution in [0.5, 0.6) is 0 Å². The van der Waals surface area contributed by atoms with Gasteiger partial charge < -0.3 is 10.6 Å². The van der Waals surface area contributed by atoms with Gasteiger partial charge in [0, 0.05) is 28.3 Å². The predicted molar refractivity (Wildman–Crippen MR) is 87.9 cm³/mol. The van der Waals surface area contributed by atoms with Crippen molar-refractivity contribution in [3.63, 3.8) is 0 Å². The number of carbonyl (C=O) groups is 1. The molecule has 0 radical (unpaired) electrons. The van der Waals surface area contributed by atoms with Crippen molar-refractivity contribution in [2.24, 2.45) is 0 Å². The first-order valence-corrected chi connectivity index (χ1v) is 8.05. The maximum Gasteiger partial charge on any atom is 0.220 e. The zero-order valence-corrected chi connectivity index (χ0v) is 13.9. The summed E-state index contributed by atoms with van der Waals surface area (Å²) >= 11 is 1.83. The molecule has 1 aromatic heterocycles. The fraction of sp³-hybridized carbons (Fsp3) is 0.667. The third-order valence-corrected chi connectivity index (χ3v) is 4.79. The van der Waals surface area contributed by atoms with Crippen LogP contribution in [0, 0.1) is 6.92 Å². The SMILES string of the molecule is Cc1ccc(CCCC(=O)NC2CCCNC2C)s1.Cl. The van der Waals surface area contributed by atoms with Crippen LogP contribution in [0.4, 0.5) is 0 Å². The van der Waals surface area contributed by atoms with Crippen LogP contribution < -0.4 is 10.6 Å². The van der Waals surface area contributed by atoms with Crippen molar-refractivity contribution >= 4 is 29.7 Å². The Hall–Kier alpha value is -0.580. The molecule has 114 valence electrons. The van der Waals surface area contributed by atoms with Gasteiger partial charge in [-0.25, -0.2) is 0 Å². The standard InChI is InChI=1S/C15H24N2OS.ClH/c1-11-8-9-13(19-11)5-3-7-15(18)17-14-6-4-10-16-12(14)2;/h8-9,12,14,16H,3-7,10H2,1-2H3,(H,17,18);1H. The first kappa shape index (κ1) is 17.5. The molecule has 1 amide bonds. The largest absolute Gasteiger partial charge is 0.352 e. The van der Waals surface area contributed by atoms with Crippen LogP contribution in [0.1, 0.15) is 42.4 Å². The van der Waals surface area contributed by atoms with Gasteiger partial charge in [0.15, 0.2) is 0 Å². The summed E-state index contributed by atoms with van der Waals surface area (Å²) in [5.41, 5.74) is 0. The van der Waals surface area contributed by atoms with Gasteiger partial charge in [0.05, 0.1) is 0 Å². The summed E-state index contributed by atoms with van der Waals surface area (Å²) in [6, 6.07) is 5.03. The lowest BCUT2D eigenvalue weighted by Gasteiger charge is -2.30. The molecule has 0 spiro atoms. The smallest absolute Gasteiger partial charge is 0.220 e. The Labute approximate surface area is 131 Å². The number of halogens is 1. The molecule has 5 heteroatoms. The van der Waals surface area contributed by atoms with Crippen molar-refractivity contribution in [1.29, 1.82) is 0 Å². The normalized spacial score (nSPS) is 22.1. The summed E-state index contributed by atoms with van der Waals surface area (Å²) in [4.78, 5) is 14.7. The number of amides is 1. The Morgan fingerprint density at radius 2 is 2.30 bits per heavy atom. The number of rotatable bonds is 5. The monoisotopic (exact) mass is 316 g/mol. The molecule has 1 aliphatic heterocycles. The molecule has 1 saturated heterocycles. The number of hydrogen-bond acceptors (Lipinski definition) is 3. The minimum absolute atomic E-state index is 0. The lowest BCUT2D eigenvalue weighted by atomic mass is 9.99. The first-order chi connectivity index (χ1) is 9.15. The second-order valence-corrected chi connectivity index (χ2v) is 6.80. The molecule has 1 fully saturated rings. The molecular weight excluding hydrogens is 292 g/mol. The third kappa shape index (κ3) is 5.43. The highest BCUT2D eigenvalue weighted by atomic mass is 35.5. The lowest BCUT2D eigenvalue weighted by Crippen LogP contribution is -2.51. The van der Waals surface area contributed by atoms with Gasteiger partial charge in [-0.05, 0) is 58.2 Å². The maximum atomic E-state index is 11.9. The van der Waals surface area contributed by atoms with E-state index < -0.39 is 0 Å². The van der Waals surface area contributed by atoms with Crippen LogP contribution in [0.25, 0.3) is 0 Å². The number of thiophene rings is 1. The van der Waals surface area contributed by atoms with Crippen molar-refractivity contribution in [3.05, 3.63) is 21.9 Å². The van der Waals surface area contributed by atoms with Gasteiger partial charge in [-0.2, -0.15) is 0 Å². The Kier molecular flexibility index (Phi) is 7.56. The van der Waals surface area contributed by atoms with Crippen molar-refractivity contribution in [2.45, 2.75) is 58.0 Å². The third-order valence-electron chi connectivity index (χ3n) is 3.73. The fourth-order valence-corrected chi connectivity index (χ4v) is 3.49. The number of nitrogens with one attached hydrogen (secondary N) is 2. The molecule has 1 aromatic rings. The van der Waals surface area contributed by atoms with E-state index in [1.807, 2.05) is 11.3 Å². The van der Waals surface area contributed by atoms with E-state index in [2.05, 4.69) is 36.6 Å². The quantitative estimate of drug-likeness (QED) is 0.876. The summed E-state index contributed by atoms with van der Waals surface area (Å²) in [7, 11) is 0. The molecule has 0 bridgehead atoms. The highest BCUT2D eigenvalue weighted by Crippen LogP contribution is 2.17. The zero-order valence-electron chi connectivity index (χ0n) is 12.3. The number of aryl methyl sites for hydroxylation is 2. The average molecular weight is 317 g/mol. The number of hydrogen-bond donors (Lipinski definition) is 2. The van der Waals surface area contributed by atoms with E-state index in [1.54, 1.807) is 0 Å². The number of piperidine rings is 1. The minimum atomic E-state index is 0. The minimum Gasteiger partial charge on any atom is -0.352 e. The van der Waals surface area contributed by atoms with E-state index in [4.69, 9.17) is 0 Å². The molecular formula is C15H25ClN2OS. The second kappa shape index (κ2) is 8.65. The molecule has 3 nitrogen and oxygen atoms in total. The summed E-state index contributed by atoms with van der Waals surface area (Å²) < 4.78 is 0. The zero-order chi connectivity index (χ0) is 13.7. The van der Waals surface area contributed by atoms with Gasteiger partial charge in [0.1, 0.15) is 0 Å². The molecule has 0 aliphatic carbocycles. The summed E-state index contributed by atoms with van der Waals surface area (Å²) in [5, 5.41) is 6.57. The fourth-order valence-electron chi connectivity index (χ4n) is 2.56. The Balaban J connectivity index is 0.00000200. The van der Waals surface area contributed by atoms with Crippen molar-refractivity contribution in [2.75, 3.05) is 6.54 Å². The van der Waals surface area contributed by atoms with Gasteiger partial charge in [-0.1, -0.05) is 0 Å². The van der Waals surface area contributed by atoms with E-state index in [0.29, 0.717) is 18.5 Å². The van der Waals surface area contributed by atoms with E-state index in [1.165, 1.54) is 9.75 Å². The van der Waals surface area contributed by atoms with Crippen LogP contribution in [-0.2, 0) is 11.2 Å². The van der Waals surface area contributed by atoms with Crippen molar-refractivity contribution < 1.29 is 4.79 Å². The molecule has 1 aliphatic rings. The highest BCUT2D eigenvalue weighted by Gasteiger charge is 2.21. The topological polar surface area (TPSA) is 41.1 Å². The summed E-state index contributed by atoms with van der Waals surface area (Å²) in [6.07, 6.45) is 4.86. The number of carbonyl (C=O) groups excluding carboxylic acids is 1.